The average Bonchev–Trinajstić information content (AvgIpc) is 2.99. The first-order chi connectivity index (χ1) is 13.5. The fraction of sp³-hybridized carbons (Fsp3) is 0.625. The number of piperidine rings is 1. The van der Waals surface area contributed by atoms with Crippen molar-refractivity contribution in [2.24, 2.45) is 0 Å². The third-order valence-electron chi connectivity index (χ3n) is 6.93. The maximum atomic E-state index is 13.4. The Morgan fingerprint density at radius 2 is 1.86 bits per heavy atom. The van der Waals surface area contributed by atoms with E-state index in [-0.39, 0.29) is 6.04 Å². The Labute approximate surface area is 169 Å². The van der Waals surface area contributed by atoms with Crippen LogP contribution in [0, 0.1) is 0 Å². The number of para-hydroxylation sites is 1. The van der Waals surface area contributed by atoms with E-state index in [1.807, 2.05) is 0 Å². The molecule has 1 amide bonds. The second kappa shape index (κ2) is 7.90. The van der Waals surface area contributed by atoms with Crippen LogP contribution in [0.3, 0.4) is 0 Å². The molecule has 2 aliphatic rings. The molecule has 0 aliphatic carbocycles. The molecule has 1 fully saturated rings. The highest BCUT2D eigenvalue weighted by atomic mass is 16.2. The SMILES string of the molecule is CCCCCn1c2c(c3ccccc31)C[C@@H](C(=O)N1CCCCC1)[N+](C)(C)C2. The number of fused-ring (bicyclic) bond motifs is 3. The predicted molar refractivity (Wildman–Crippen MR) is 115 cm³/mol. The van der Waals surface area contributed by atoms with Crippen LogP contribution >= 0.6 is 0 Å². The average molecular weight is 383 g/mol. The number of benzene rings is 1. The molecule has 1 aromatic carbocycles. The monoisotopic (exact) mass is 382 g/mol. The Morgan fingerprint density at radius 3 is 2.61 bits per heavy atom. The van der Waals surface area contributed by atoms with Crippen molar-refractivity contribution in [3.63, 3.8) is 0 Å². The van der Waals surface area contributed by atoms with Gasteiger partial charge in [-0.1, -0.05) is 38.0 Å². The number of unbranched alkanes of at least 4 members (excludes halogenated alkanes) is 2. The molecule has 1 aromatic heterocycles. The van der Waals surface area contributed by atoms with E-state index in [2.05, 4.69) is 54.8 Å². The second-order valence-corrected chi connectivity index (χ2v) is 9.34. The number of carbonyl (C=O) groups excluding carboxylic acids is 1. The first kappa shape index (κ1) is 19.5. The summed E-state index contributed by atoms with van der Waals surface area (Å²) in [5.41, 5.74) is 4.25. The molecule has 1 atom stereocenters. The van der Waals surface area contributed by atoms with Gasteiger partial charge in [0.25, 0.3) is 5.91 Å². The van der Waals surface area contributed by atoms with Crippen LogP contribution in [0.25, 0.3) is 10.9 Å². The molecule has 2 aromatic rings. The number of quaternary nitrogens is 1. The van der Waals surface area contributed by atoms with Gasteiger partial charge in [-0.2, -0.15) is 0 Å². The summed E-state index contributed by atoms with van der Waals surface area (Å²) in [4.78, 5) is 15.6. The largest absolute Gasteiger partial charge is 0.339 e. The molecule has 1 saturated heterocycles. The van der Waals surface area contributed by atoms with Crippen LogP contribution in [0.15, 0.2) is 24.3 Å². The molecular formula is C24H36N3O+. The number of rotatable bonds is 5. The van der Waals surface area contributed by atoms with Gasteiger partial charge in [0, 0.05) is 37.0 Å². The van der Waals surface area contributed by atoms with Crippen molar-refractivity contribution in [1.29, 1.82) is 0 Å². The van der Waals surface area contributed by atoms with Crippen molar-refractivity contribution in [3.05, 3.63) is 35.5 Å². The van der Waals surface area contributed by atoms with Gasteiger partial charge in [0.1, 0.15) is 6.54 Å². The Hall–Kier alpha value is -1.81. The molecule has 0 saturated carbocycles. The Balaban J connectivity index is 1.70. The molecule has 4 heteroatoms. The van der Waals surface area contributed by atoms with Gasteiger partial charge in [0.05, 0.1) is 19.8 Å². The summed E-state index contributed by atoms with van der Waals surface area (Å²) in [5, 5.41) is 1.37. The third-order valence-corrected chi connectivity index (χ3v) is 6.93. The molecule has 28 heavy (non-hydrogen) atoms. The lowest BCUT2D eigenvalue weighted by Gasteiger charge is -2.43. The molecule has 0 spiro atoms. The summed E-state index contributed by atoms with van der Waals surface area (Å²) in [7, 11) is 4.51. The number of hydrogen-bond acceptors (Lipinski definition) is 1. The number of nitrogens with zero attached hydrogens (tertiary/aromatic N) is 3. The van der Waals surface area contributed by atoms with Gasteiger partial charge < -0.3 is 14.0 Å². The smallest absolute Gasteiger partial charge is 0.281 e. The molecule has 0 radical (unpaired) electrons. The number of amides is 1. The summed E-state index contributed by atoms with van der Waals surface area (Å²) in [6.07, 6.45) is 8.21. The second-order valence-electron chi connectivity index (χ2n) is 9.34. The standard InChI is InChI=1S/C24H36N3O/c1-4-5-9-16-26-21-13-8-7-12-19(21)20-17-23(27(2,3)18-22(20)26)24(28)25-14-10-6-11-15-25/h7-8,12-13,23H,4-6,9-11,14-18H2,1-3H3/q+1/t23-/m0/s1. The topological polar surface area (TPSA) is 25.2 Å². The third kappa shape index (κ3) is 3.47. The van der Waals surface area contributed by atoms with Crippen LogP contribution in [0.5, 0.6) is 0 Å². The number of carbonyl (C=O) groups is 1. The normalized spacial score (nSPS) is 21.7. The van der Waals surface area contributed by atoms with E-state index in [9.17, 15) is 4.79 Å². The number of aromatic nitrogens is 1. The summed E-state index contributed by atoms with van der Waals surface area (Å²) >= 11 is 0. The molecular weight excluding hydrogens is 346 g/mol. The minimum Gasteiger partial charge on any atom is -0.339 e. The van der Waals surface area contributed by atoms with Gasteiger partial charge in [-0.15, -0.1) is 0 Å². The van der Waals surface area contributed by atoms with Crippen molar-refractivity contribution >= 4 is 16.8 Å². The maximum absolute atomic E-state index is 13.4. The highest BCUT2D eigenvalue weighted by molar-refractivity contribution is 5.88. The lowest BCUT2D eigenvalue weighted by atomic mass is 9.93. The molecule has 152 valence electrons. The van der Waals surface area contributed by atoms with Crippen LogP contribution in [0.4, 0.5) is 0 Å². The predicted octanol–water partition coefficient (Wildman–Crippen LogP) is 4.35. The first-order valence-corrected chi connectivity index (χ1v) is 11.2. The Kier molecular flexibility index (Phi) is 5.50. The van der Waals surface area contributed by atoms with Crippen molar-refractivity contribution in [2.45, 2.75) is 71.0 Å². The molecule has 0 bridgehead atoms. The van der Waals surface area contributed by atoms with Crippen molar-refractivity contribution in [2.75, 3.05) is 27.2 Å². The number of aryl methyl sites for hydroxylation is 1. The number of hydrogen-bond donors (Lipinski definition) is 0. The van der Waals surface area contributed by atoms with Crippen LogP contribution in [0.2, 0.25) is 0 Å². The van der Waals surface area contributed by atoms with E-state index >= 15 is 0 Å². The van der Waals surface area contributed by atoms with Crippen LogP contribution in [0.1, 0.15) is 56.7 Å². The van der Waals surface area contributed by atoms with Crippen molar-refractivity contribution < 1.29 is 9.28 Å². The minimum atomic E-state index is 0.0421. The van der Waals surface area contributed by atoms with Crippen LogP contribution < -0.4 is 0 Å². The quantitative estimate of drug-likeness (QED) is 0.558. The maximum Gasteiger partial charge on any atom is 0.281 e. The van der Waals surface area contributed by atoms with Gasteiger partial charge in [0.2, 0.25) is 0 Å². The fourth-order valence-electron chi connectivity index (χ4n) is 5.26. The summed E-state index contributed by atoms with van der Waals surface area (Å²) < 4.78 is 3.33. The van der Waals surface area contributed by atoms with Gasteiger partial charge in [-0.3, -0.25) is 4.79 Å². The van der Waals surface area contributed by atoms with Gasteiger partial charge >= 0.3 is 0 Å². The van der Waals surface area contributed by atoms with E-state index in [1.165, 1.54) is 47.8 Å². The lowest BCUT2D eigenvalue weighted by Crippen LogP contribution is -2.60. The van der Waals surface area contributed by atoms with Crippen LogP contribution in [-0.2, 0) is 24.3 Å². The van der Waals surface area contributed by atoms with Crippen LogP contribution in [-0.4, -0.2) is 53.1 Å². The van der Waals surface area contributed by atoms with Gasteiger partial charge in [-0.05, 0) is 37.3 Å². The lowest BCUT2D eigenvalue weighted by molar-refractivity contribution is -0.921. The molecule has 0 N–H and O–H groups in total. The highest BCUT2D eigenvalue weighted by Crippen LogP contribution is 2.36. The summed E-state index contributed by atoms with van der Waals surface area (Å²) in [6.45, 7) is 6.19. The number of likely N-dealkylation sites (tertiary alicyclic amines) is 1. The number of likely N-dealkylation sites (N-methyl/N-ethyl adjacent to an activating group) is 1. The zero-order valence-corrected chi connectivity index (χ0v) is 17.9. The summed E-state index contributed by atoms with van der Waals surface area (Å²) in [5.74, 6) is 0.373. The first-order valence-electron chi connectivity index (χ1n) is 11.2. The Morgan fingerprint density at radius 1 is 1.11 bits per heavy atom. The van der Waals surface area contributed by atoms with E-state index in [0.29, 0.717) is 5.91 Å². The molecule has 0 unspecified atom stereocenters. The van der Waals surface area contributed by atoms with Gasteiger partial charge in [-0.25, -0.2) is 0 Å². The van der Waals surface area contributed by atoms with E-state index in [4.69, 9.17) is 0 Å². The zero-order chi connectivity index (χ0) is 19.7. The van der Waals surface area contributed by atoms with Crippen molar-refractivity contribution in [1.82, 2.24) is 9.47 Å². The van der Waals surface area contributed by atoms with Gasteiger partial charge in [0.15, 0.2) is 6.04 Å². The van der Waals surface area contributed by atoms with Crippen molar-refractivity contribution in [3.8, 4) is 0 Å². The zero-order valence-electron chi connectivity index (χ0n) is 17.9. The van der Waals surface area contributed by atoms with E-state index < -0.39 is 0 Å². The molecule has 3 heterocycles. The highest BCUT2D eigenvalue weighted by Gasteiger charge is 2.44. The molecule has 2 aliphatic heterocycles. The van der Waals surface area contributed by atoms with E-state index in [0.717, 1.165) is 49.9 Å². The summed E-state index contributed by atoms with van der Waals surface area (Å²) in [6, 6.07) is 8.87. The van der Waals surface area contributed by atoms with E-state index in [1.54, 1.807) is 0 Å². The molecule has 4 nitrogen and oxygen atoms in total. The Bertz CT molecular complexity index is 845. The fourth-order valence-corrected chi connectivity index (χ4v) is 5.26. The minimum absolute atomic E-state index is 0.0421. The molecule has 4 rings (SSSR count).